The second-order valence-electron chi connectivity index (χ2n) is 6.79. The molecule has 0 bridgehead atoms. The molecule has 2 unspecified atom stereocenters. The Morgan fingerprint density at radius 1 is 1.37 bits per heavy atom. The van der Waals surface area contributed by atoms with Crippen LogP contribution in [0.2, 0.25) is 0 Å². The molecule has 0 amide bonds. The number of aliphatic hydroxyl groups excluding tert-OH is 2. The third-order valence-electron chi connectivity index (χ3n) is 4.81. The van der Waals surface area contributed by atoms with Gasteiger partial charge in [-0.2, -0.15) is 4.98 Å². The summed E-state index contributed by atoms with van der Waals surface area (Å²) in [6, 6.07) is 6.78. The van der Waals surface area contributed by atoms with Crippen molar-refractivity contribution in [3.05, 3.63) is 53.1 Å². The highest BCUT2D eigenvalue weighted by atomic mass is 127. The molecule has 160 valence electrons. The fourth-order valence-electron chi connectivity index (χ4n) is 3.24. The lowest BCUT2D eigenvalue weighted by Gasteiger charge is -2.23. The fraction of sp³-hybridized carbons (Fsp3) is 0.368. The topological polar surface area (TPSA) is 115 Å². The van der Waals surface area contributed by atoms with Crippen LogP contribution in [-0.2, 0) is 4.74 Å². The second-order valence-corrected chi connectivity index (χ2v) is 8.45. The molecule has 4 rings (SSSR count). The summed E-state index contributed by atoms with van der Waals surface area (Å²) in [5.74, 6) is 1.44. The van der Waals surface area contributed by atoms with Crippen molar-refractivity contribution < 1.29 is 28.8 Å². The van der Waals surface area contributed by atoms with Crippen molar-refractivity contribution in [1.29, 1.82) is 0 Å². The number of aliphatic hydroxyl groups is 2. The molecule has 2 aromatic rings. The van der Waals surface area contributed by atoms with E-state index in [0.29, 0.717) is 36.0 Å². The molecule has 1 saturated heterocycles. The molecule has 2 aliphatic heterocycles. The predicted octanol–water partition coefficient (Wildman–Crippen LogP) is 1.45. The van der Waals surface area contributed by atoms with Crippen LogP contribution in [0.4, 0.5) is 10.2 Å². The average molecular weight is 531 g/mol. The van der Waals surface area contributed by atoms with E-state index < -0.39 is 34.4 Å². The van der Waals surface area contributed by atoms with Crippen molar-refractivity contribution in [3.8, 4) is 11.5 Å². The number of anilines is 1. The molecular formula is C19H19FIN3O6. The number of halogens is 2. The molecule has 0 spiro atoms. The quantitative estimate of drug-likeness (QED) is 0.393. The molecule has 30 heavy (non-hydrogen) atoms. The fourth-order valence-corrected chi connectivity index (χ4v) is 4.09. The van der Waals surface area contributed by atoms with Crippen LogP contribution < -0.4 is 20.5 Å². The first-order valence-electron chi connectivity index (χ1n) is 9.08. The van der Waals surface area contributed by atoms with Crippen molar-refractivity contribution in [2.24, 2.45) is 0 Å². The van der Waals surface area contributed by atoms with Crippen molar-refractivity contribution in [3.63, 3.8) is 0 Å². The number of nitrogens with one attached hydrogen (secondary N) is 1. The van der Waals surface area contributed by atoms with E-state index in [1.165, 1.54) is 34.9 Å². The number of nitrogens with zero attached hydrogens (tertiary/aromatic N) is 2. The Kier molecular flexibility index (Phi) is 5.70. The van der Waals surface area contributed by atoms with E-state index in [4.69, 9.17) is 14.2 Å². The van der Waals surface area contributed by atoms with Crippen LogP contribution in [0, 0.1) is 0 Å². The van der Waals surface area contributed by atoms with Crippen LogP contribution in [0.15, 0.2) is 41.8 Å². The van der Waals surface area contributed by atoms with Gasteiger partial charge in [0.2, 0.25) is 3.68 Å². The summed E-state index contributed by atoms with van der Waals surface area (Å²) in [7, 11) is 0. The first kappa shape index (κ1) is 21.0. The Balaban J connectivity index is 1.53. The molecular weight excluding hydrogens is 512 g/mol. The van der Waals surface area contributed by atoms with Crippen molar-refractivity contribution in [2.75, 3.05) is 25.1 Å². The monoisotopic (exact) mass is 531 g/mol. The van der Waals surface area contributed by atoms with E-state index >= 15 is 0 Å². The highest BCUT2D eigenvalue weighted by Crippen LogP contribution is 2.45. The Labute approximate surface area is 184 Å². The predicted molar refractivity (Wildman–Crippen MR) is 113 cm³/mol. The summed E-state index contributed by atoms with van der Waals surface area (Å²) in [5.41, 5.74) is 0.399. The Morgan fingerprint density at radius 3 is 2.77 bits per heavy atom. The largest absolute Gasteiger partial charge is 0.486 e. The summed E-state index contributed by atoms with van der Waals surface area (Å²) in [6.45, 7) is 4.32. The third-order valence-corrected chi connectivity index (χ3v) is 5.98. The number of fused-ring (bicyclic) bond motifs is 1. The molecule has 1 aromatic heterocycles. The molecule has 9 nitrogen and oxygen atoms in total. The van der Waals surface area contributed by atoms with Crippen molar-refractivity contribution >= 4 is 34.1 Å². The van der Waals surface area contributed by atoms with E-state index in [2.05, 4.69) is 16.9 Å². The van der Waals surface area contributed by atoms with Crippen LogP contribution in [-0.4, -0.2) is 55.5 Å². The van der Waals surface area contributed by atoms with Gasteiger partial charge in [-0.15, -0.1) is 0 Å². The van der Waals surface area contributed by atoms with Crippen LogP contribution in [0.25, 0.3) is 5.70 Å². The van der Waals surface area contributed by atoms with Gasteiger partial charge < -0.3 is 29.7 Å². The number of aromatic nitrogens is 2. The Morgan fingerprint density at radius 2 is 2.10 bits per heavy atom. The summed E-state index contributed by atoms with van der Waals surface area (Å²) in [5, 5.41) is 22.1. The summed E-state index contributed by atoms with van der Waals surface area (Å²) >= 11 is 1.37. The normalized spacial score (nSPS) is 27.7. The summed E-state index contributed by atoms with van der Waals surface area (Å²) < 4.78 is 29.9. The lowest BCUT2D eigenvalue weighted by Crippen LogP contribution is -2.40. The smallest absolute Gasteiger partial charge is 0.351 e. The maximum atomic E-state index is 14.9. The van der Waals surface area contributed by atoms with Gasteiger partial charge in [-0.05, 0) is 46.9 Å². The lowest BCUT2D eigenvalue weighted by atomic mass is 10.1. The number of hydrogen-bond acceptors (Lipinski definition) is 8. The average Bonchev–Trinajstić information content (AvgIpc) is 2.96. The molecule has 3 N–H and O–H groups in total. The van der Waals surface area contributed by atoms with Gasteiger partial charge in [-0.3, -0.25) is 4.57 Å². The SMILES string of the molecule is C=C(Nc1ccn(C2O[C@H](CO)[C@@H](O)C2(F)I)c(=O)n1)c1ccc2c(c1)OCCO2. The molecule has 4 atom stereocenters. The number of ether oxygens (including phenoxy) is 3. The minimum atomic E-state index is -2.31. The number of alkyl halides is 2. The van der Waals surface area contributed by atoms with Crippen molar-refractivity contribution in [2.45, 2.75) is 22.1 Å². The van der Waals surface area contributed by atoms with Gasteiger partial charge in [0.1, 0.15) is 31.2 Å². The molecule has 11 heteroatoms. The van der Waals surface area contributed by atoms with Crippen LogP contribution in [0.1, 0.15) is 11.8 Å². The zero-order valence-corrected chi connectivity index (χ0v) is 17.8. The van der Waals surface area contributed by atoms with E-state index in [-0.39, 0.29) is 5.82 Å². The first-order chi connectivity index (χ1) is 14.3. The van der Waals surface area contributed by atoms with Crippen LogP contribution >= 0.6 is 22.6 Å². The maximum absolute atomic E-state index is 14.9. The lowest BCUT2D eigenvalue weighted by molar-refractivity contribution is -0.0499. The van der Waals surface area contributed by atoms with E-state index in [9.17, 15) is 19.4 Å². The molecule has 3 heterocycles. The molecule has 2 aliphatic rings. The molecule has 1 aromatic carbocycles. The number of rotatable bonds is 5. The van der Waals surface area contributed by atoms with Gasteiger partial charge in [-0.25, -0.2) is 9.18 Å². The minimum Gasteiger partial charge on any atom is -0.486 e. The van der Waals surface area contributed by atoms with Gasteiger partial charge in [0.25, 0.3) is 0 Å². The van der Waals surface area contributed by atoms with Gasteiger partial charge in [0.05, 0.1) is 6.61 Å². The van der Waals surface area contributed by atoms with Gasteiger partial charge in [0.15, 0.2) is 17.7 Å². The number of hydrogen-bond donors (Lipinski definition) is 3. The summed E-state index contributed by atoms with van der Waals surface area (Å²) in [6.07, 6.45) is -2.86. The molecule has 1 fully saturated rings. The molecule has 0 saturated carbocycles. The van der Waals surface area contributed by atoms with Crippen molar-refractivity contribution in [1.82, 2.24) is 9.55 Å². The zero-order valence-electron chi connectivity index (χ0n) is 15.6. The molecule has 0 radical (unpaired) electrons. The van der Waals surface area contributed by atoms with E-state index in [0.717, 1.165) is 4.57 Å². The Bertz CT molecular complexity index is 1030. The van der Waals surface area contributed by atoms with Gasteiger partial charge in [-0.1, -0.05) is 6.58 Å². The van der Waals surface area contributed by atoms with Crippen LogP contribution in [0.3, 0.4) is 0 Å². The third kappa shape index (κ3) is 3.77. The Hall–Kier alpha value is -2.22. The first-order valence-corrected chi connectivity index (χ1v) is 10.2. The molecule has 0 aliphatic carbocycles. The summed E-state index contributed by atoms with van der Waals surface area (Å²) in [4.78, 5) is 16.4. The highest BCUT2D eigenvalue weighted by molar-refractivity contribution is 14.1. The highest BCUT2D eigenvalue weighted by Gasteiger charge is 2.56. The second kappa shape index (κ2) is 8.13. The van der Waals surface area contributed by atoms with E-state index in [1.54, 1.807) is 18.2 Å². The van der Waals surface area contributed by atoms with E-state index in [1.807, 2.05) is 0 Å². The maximum Gasteiger partial charge on any atom is 0.351 e. The standard InChI is InChI=1S/C19H19FIN3O6/c1-10(11-2-3-12-13(8-11)29-7-6-28-12)22-15-4-5-24(18(27)23-15)17-19(20,21)16(26)14(9-25)30-17/h2-5,8,14,16-17,25-26H,1,6-7,9H2,(H,22,23,27)/t14-,16-,17?,19?/m1/s1. The van der Waals surface area contributed by atoms with Gasteiger partial charge >= 0.3 is 5.69 Å². The van der Waals surface area contributed by atoms with Gasteiger partial charge in [0, 0.05) is 17.5 Å². The number of benzene rings is 1. The minimum absolute atomic E-state index is 0.200. The van der Waals surface area contributed by atoms with Crippen LogP contribution in [0.5, 0.6) is 11.5 Å². The zero-order chi connectivity index (χ0) is 21.5.